The fourth-order valence-electron chi connectivity index (χ4n) is 3.74. The van der Waals surface area contributed by atoms with Crippen LogP contribution in [0, 0.1) is 12.8 Å². The minimum atomic E-state index is -0.129. The molecule has 2 amide bonds. The maximum Gasteiger partial charge on any atom is 0.320 e. The molecular weight excluding hydrogens is 278 g/mol. The number of carbonyl (C=O) groups is 1. The molecule has 1 unspecified atom stereocenters. The van der Waals surface area contributed by atoms with Gasteiger partial charge in [0.25, 0.3) is 0 Å². The van der Waals surface area contributed by atoms with Crippen LogP contribution in [-0.2, 0) is 7.05 Å². The Kier molecular flexibility index (Phi) is 4.66. The molecule has 6 nitrogen and oxygen atoms in total. The summed E-state index contributed by atoms with van der Waals surface area (Å²) < 4.78 is 1.69. The molecule has 0 aromatic carbocycles. The van der Waals surface area contributed by atoms with E-state index in [-0.39, 0.29) is 12.1 Å². The van der Waals surface area contributed by atoms with Gasteiger partial charge in [0.15, 0.2) is 0 Å². The quantitative estimate of drug-likeness (QED) is 0.895. The van der Waals surface area contributed by atoms with E-state index in [2.05, 4.69) is 20.6 Å². The van der Waals surface area contributed by atoms with Crippen molar-refractivity contribution in [3.8, 4) is 0 Å². The van der Waals surface area contributed by atoms with Crippen LogP contribution in [0.2, 0.25) is 0 Å². The number of urea groups is 1. The number of carbonyl (C=O) groups excluding carboxylic acids is 1. The first-order valence-electron chi connectivity index (χ1n) is 8.40. The van der Waals surface area contributed by atoms with Crippen molar-refractivity contribution < 1.29 is 4.79 Å². The molecule has 6 heteroatoms. The highest BCUT2D eigenvalue weighted by Crippen LogP contribution is 2.26. The highest BCUT2D eigenvalue weighted by Gasteiger charge is 2.27. The van der Waals surface area contributed by atoms with Gasteiger partial charge in [-0.05, 0) is 32.1 Å². The minimum Gasteiger partial charge on any atom is -0.334 e. The highest BCUT2D eigenvalue weighted by molar-refractivity contribution is 5.88. The summed E-state index contributed by atoms with van der Waals surface area (Å²) in [4.78, 5) is 14.6. The van der Waals surface area contributed by atoms with Gasteiger partial charge < -0.3 is 10.2 Å². The number of amides is 2. The molecule has 0 spiro atoms. The van der Waals surface area contributed by atoms with Crippen LogP contribution in [0.3, 0.4) is 0 Å². The van der Waals surface area contributed by atoms with Gasteiger partial charge in [-0.3, -0.25) is 10.00 Å². The van der Waals surface area contributed by atoms with Crippen molar-refractivity contribution in [2.75, 3.05) is 25.0 Å². The third-order valence-electron chi connectivity index (χ3n) is 4.84. The van der Waals surface area contributed by atoms with Crippen molar-refractivity contribution >= 4 is 11.8 Å². The van der Waals surface area contributed by atoms with Crippen LogP contribution in [0.25, 0.3) is 0 Å². The zero-order chi connectivity index (χ0) is 15.5. The Morgan fingerprint density at radius 1 is 1.36 bits per heavy atom. The van der Waals surface area contributed by atoms with Gasteiger partial charge in [0, 0.05) is 38.8 Å². The summed E-state index contributed by atoms with van der Waals surface area (Å²) in [5, 5.41) is 10.2. The van der Waals surface area contributed by atoms with Gasteiger partial charge in [-0.25, -0.2) is 4.79 Å². The van der Waals surface area contributed by atoms with Gasteiger partial charge >= 0.3 is 6.03 Å². The molecule has 2 N–H and O–H groups in total. The van der Waals surface area contributed by atoms with Gasteiger partial charge in [-0.1, -0.05) is 12.8 Å². The van der Waals surface area contributed by atoms with Gasteiger partial charge in [0.1, 0.15) is 5.82 Å². The fourth-order valence-corrected chi connectivity index (χ4v) is 3.74. The van der Waals surface area contributed by atoms with Crippen molar-refractivity contribution in [2.45, 2.75) is 45.1 Å². The van der Waals surface area contributed by atoms with Crippen LogP contribution in [-0.4, -0.2) is 46.4 Å². The third-order valence-corrected chi connectivity index (χ3v) is 4.84. The number of anilines is 1. The van der Waals surface area contributed by atoms with E-state index in [0.717, 1.165) is 36.9 Å². The molecule has 1 aliphatic carbocycles. The Bertz CT molecular complexity index is 521. The number of nitrogens with one attached hydrogen (secondary N) is 2. The van der Waals surface area contributed by atoms with E-state index < -0.39 is 0 Å². The molecular formula is C16H27N5O. The first-order chi connectivity index (χ1) is 10.6. The smallest absolute Gasteiger partial charge is 0.320 e. The zero-order valence-electron chi connectivity index (χ0n) is 13.6. The van der Waals surface area contributed by atoms with Crippen LogP contribution in [0.4, 0.5) is 10.6 Å². The Morgan fingerprint density at radius 2 is 2.14 bits per heavy atom. The number of nitrogens with zero attached hydrogens (tertiary/aromatic N) is 3. The van der Waals surface area contributed by atoms with Crippen LogP contribution in [0.15, 0.2) is 6.07 Å². The van der Waals surface area contributed by atoms with Crippen molar-refractivity contribution in [1.29, 1.82) is 0 Å². The summed E-state index contributed by atoms with van der Waals surface area (Å²) in [5.74, 6) is 1.61. The lowest BCUT2D eigenvalue weighted by Crippen LogP contribution is -2.40. The maximum atomic E-state index is 12.1. The van der Waals surface area contributed by atoms with Crippen molar-refractivity contribution in [1.82, 2.24) is 20.0 Å². The molecule has 2 fully saturated rings. The second kappa shape index (κ2) is 6.69. The minimum absolute atomic E-state index is 0.129. The first kappa shape index (κ1) is 15.3. The lowest BCUT2D eigenvalue weighted by atomic mass is 10.1. The van der Waals surface area contributed by atoms with E-state index in [1.165, 1.54) is 32.2 Å². The molecule has 1 aromatic heterocycles. The van der Waals surface area contributed by atoms with Gasteiger partial charge in [0.05, 0.1) is 5.69 Å². The number of hydrogen-bond acceptors (Lipinski definition) is 3. The Morgan fingerprint density at radius 3 is 2.82 bits per heavy atom. The first-order valence-corrected chi connectivity index (χ1v) is 8.40. The SMILES string of the molecule is Cc1cc(NC(=O)NC2CCN(CC3CCCC3)C2)n(C)n1. The maximum absolute atomic E-state index is 12.1. The van der Waals surface area contributed by atoms with E-state index in [0.29, 0.717) is 0 Å². The zero-order valence-corrected chi connectivity index (χ0v) is 13.6. The lowest BCUT2D eigenvalue weighted by Gasteiger charge is -2.20. The van der Waals surface area contributed by atoms with Gasteiger partial charge in [0.2, 0.25) is 0 Å². The standard InChI is InChI=1S/C16H27N5O/c1-12-9-15(20(2)19-12)18-16(22)17-14-7-8-21(11-14)10-13-5-3-4-6-13/h9,13-14H,3-8,10-11H2,1-2H3,(H2,17,18,22). The fraction of sp³-hybridized carbons (Fsp3) is 0.750. The average molecular weight is 305 g/mol. The lowest BCUT2D eigenvalue weighted by molar-refractivity contribution is 0.245. The number of aryl methyl sites for hydroxylation is 2. The Hall–Kier alpha value is -1.56. The number of aromatic nitrogens is 2. The normalized spacial score (nSPS) is 23.1. The monoisotopic (exact) mass is 305 g/mol. The molecule has 0 bridgehead atoms. The third kappa shape index (κ3) is 3.80. The van der Waals surface area contributed by atoms with Crippen LogP contribution in [0.5, 0.6) is 0 Å². The predicted octanol–water partition coefficient (Wildman–Crippen LogP) is 2.11. The molecule has 2 heterocycles. The molecule has 22 heavy (non-hydrogen) atoms. The summed E-state index contributed by atoms with van der Waals surface area (Å²) in [6.45, 7) is 5.21. The largest absolute Gasteiger partial charge is 0.334 e. The summed E-state index contributed by atoms with van der Waals surface area (Å²) in [6, 6.07) is 2.01. The van der Waals surface area contributed by atoms with Crippen molar-refractivity contribution in [3.63, 3.8) is 0 Å². The van der Waals surface area contributed by atoms with Crippen LogP contribution in [0.1, 0.15) is 37.8 Å². The molecule has 1 aliphatic heterocycles. The Labute approximate surface area is 132 Å². The molecule has 0 radical (unpaired) electrons. The van der Waals surface area contributed by atoms with E-state index in [4.69, 9.17) is 0 Å². The molecule has 1 saturated heterocycles. The number of rotatable bonds is 4. The summed E-state index contributed by atoms with van der Waals surface area (Å²) in [6.07, 6.45) is 6.60. The highest BCUT2D eigenvalue weighted by atomic mass is 16.2. The molecule has 1 saturated carbocycles. The van der Waals surface area contributed by atoms with Gasteiger partial charge in [-0.2, -0.15) is 5.10 Å². The second-order valence-corrected chi connectivity index (χ2v) is 6.79. The average Bonchev–Trinajstić information content (AvgIpc) is 3.15. The summed E-state index contributed by atoms with van der Waals surface area (Å²) >= 11 is 0. The summed E-state index contributed by atoms with van der Waals surface area (Å²) in [5.41, 5.74) is 0.904. The van der Waals surface area contributed by atoms with Crippen LogP contribution < -0.4 is 10.6 Å². The summed E-state index contributed by atoms with van der Waals surface area (Å²) in [7, 11) is 1.83. The second-order valence-electron chi connectivity index (χ2n) is 6.79. The van der Waals surface area contributed by atoms with E-state index >= 15 is 0 Å². The molecule has 1 atom stereocenters. The molecule has 1 aromatic rings. The molecule has 2 aliphatic rings. The van der Waals surface area contributed by atoms with Gasteiger partial charge in [-0.15, -0.1) is 0 Å². The molecule has 122 valence electrons. The van der Waals surface area contributed by atoms with E-state index in [9.17, 15) is 4.79 Å². The van der Waals surface area contributed by atoms with Crippen molar-refractivity contribution in [2.24, 2.45) is 13.0 Å². The Balaban J connectivity index is 1.43. The number of likely N-dealkylation sites (tertiary alicyclic amines) is 1. The number of hydrogen-bond donors (Lipinski definition) is 2. The van der Waals surface area contributed by atoms with Crippen LogP contribution >= 0.6 is 0 Å². The topological polar surface area (TPSA) is 62.2 Å². The molecule has 3 rings (SSSR count). The van der Waals surface area contributed by atoms with Crippen molar-refractivity contribution in [3.05, 3.63) is 11.8 Å². The van der Waals surface area contributed by atoms with E-state index in [1.54, 1.807) is 4.68 Å². The predicted molar refractivity (Wildman–Crippen MR) is 86.9 cm³/mol. The van der Waals surface area contributed by atoms with E-state index in [1.807, 2.05) is 20.0 Å².